The number of carbonyl (C=O) groups excluding carboxylic acids is 1. The van der Waals surface area contributed by atoms with E-state index in [0.29, 0.717) is 25.4 Å². The molecule has 0 spiro atoms. The van der Waals surface area contributed by atoms with Crippen LogP contribution in [0.4, 0.5) is 0 Å². The van der Waals surface area contributed by atoms with E-state index in [4.69, 9.17) is 9.47 Å². The average Bonchev–Trinajstić information content (AvgIpc) is 3.04. The standard InChI is InChI=1S/C15H19N5O3/c1-11-2-3-12(8-16-11)23-14-10-22-7-4-13(14)19-15(21)9-20-17-5-6-18-20/h2-3,5-6,8,13-14H,4,7,9-10H2,1H3,(H,19,21)/t13-,14+/m0/s1. The Morgan fingerprint density at radius 1 is 1.43 bits per heavy atom. The van der Waals surface area contributed by atoms with Crippen molar-refractivity contribution in [3.8, 4) is 5.75 Å². The summed E-state index contributed by atoms with van der Waals surface area (Å²) < 4.78 is 11.4. The molecule has 2 aromatic heterocycles. The van der Waals surface area contributed by atoms with Gasteiger partial charge >= 0.3 is 0 Å². The molecule has 1 amide bonds. The lowest BCUT2D eigenvalue weighted by Gasteiger charge is -2.32. The van der Waals surface area contributed by atoms with Crippen LogP contribution < -0.4 is 10.1 Å². The maximum absolute atomic E-state index is 12.1. The van der Waals surface area contributed by atoms with E-state index >= 15 is 0 Å². The summed E-state index contributed by atoms with van der Waals surface area (Å²) >= 11 is 0. The number of aryl methyl sites for hydroxylation is 1. The van der Waals surface area contributed by atoms with Gasteiger partial charge in [0.05, 0.1) is 31.2 Å². The van der Waals surface area contributed by atoms with E-state index in [1.807, 2.05) is 19.1 Å². The van der Waals surface area contributed by atoms with Crippen molar-refractivity contribution in [3.05, 3.63) is 36.4 Å². The van der Waals surface area contributed by atoms with Gasteiger partial charge in [-0.15, -0.1) is 0 Å². The maximum atomic E-state index is 12.1. The molecule has 0 aliphatic carbocycles. The first-order valence-corrected chi connectivity index (χ1v) is 7.51. The molecule has 122 valence electrons. The Morgan fingerprint density at radius 2 is 2.26 bits per heavy atom. The van der Waals surface area contributed by atoms with Gasteiger partial charge < -0.3 is 14.8 Å². The van der Waals surface area contributed by atoms with Crippen LogP contribution in [0.2, 0.25) is 0 Å². The molecule has 0 bridgehead atoms. The van der Waals surface area contributed by atoms with Crippen molar-refractivity contribution in [2.45, 2.75) is 32.0 Å². The molecule has 3 rings (SSSR count). The monoisotopic (exact) mass is 317 g/mol. The first kappa shape index (κ1) is 15.4. The van der Waals surface area contributed by atoms with Crippen LogP contribution in [0.1, 0.15) is 12.1 Å². The third-order valence-electron chi connectivity index (χ3n) is 3.57. The van der Waals surface area contributed by atoms with Crippen LogP contribution in [-0.2, 0) is 16.1 Å². The Bertz CT molecular complexity index is 629. The zero-order valence-electron chi connectivity index (χ0n) is 12.9. The van der Waals surface area contributed by atoms with Gasteiger partial charge in [-0.3, -0.25) is 9.78 Å². The normalized spacial score (nSPS) is 20.9. The highest BCUT2D eigenvalue weighted by atomic mass is 16.5. The molecule has 1 N–H and O–H groups in total. The largest absolute Gasteiger partial charge is 0.484 e. The fraction of sp³-hybridized carbons (Fsp3) is 0.467. The molecular weight excluding hydrogens is 298 g/mol. The zero-order valence-corrected chi connectivity index (χ0v) is 12.9. The van der Waals surface area contributed by atoms with Gasteiger partial charge in [0.25, 0.3) is 0 Å². The highest BCUT2D eigenvalue weighted by molar-refractivity contribution is 5.75. The van der Waals surface area contributed by atoms with E-state index < -0.39 is 0 Å². The molecule has 3 heterocycles. The molecule has 1 aliphatic rings. The minimum atomic E-state index is -0.247. The molecule has 0 aromatic carbocycles. The van der Waals surface area contributed by atoms with Crippen molar-refractivity contribution in [3.63, 3.8) is 0 Å². The summed E-state index contributed by atoms with van der Waals surface area (Å²) in [5.74, 6) is 0.517. The number of hydrogen-bond acceptors (Lipinski definition) is 6. The molecule has 2 aromatic rings. The number of nitrogens with one attached hydrogen (secondary N) is 1. The summed E-state index contributed by atoms with van der Waals surface area (Å²) in [6.45, 7) is 3.03. The van der Waals surface area contributed by atoms with Gasteiger partial charge in [0.15, 0.2) is 0 Å². The molecular formula is C15H19N5O3. The van der Waals surface area contributed by atoms with E-state index in [0.717, 1.165) is 5.69 Å². The maximum Gasteiger partial charge on any atom is 0.243 e. The van der Waals surface area contributed by atoms with Crippen LogP contribution >= 0.6 is 0 Å². The van der Waals surface area contributed by atoms with Crippen molar-refractivity contribution in [2.75, 3.05) is 13.2 Å². The Kier molecular flexibility index (Phi) is 4.82. The molecule has 0 saturated carbocycles. The lowest BCUT2D eigenvalue weighted by Crippen LogP contribution is -2.52. The van der Waals surface area contributed by atoms with Crippen LogP contribution in [0, 0.1) is 6.92 Å². The van der Waals surface area contributed by atoms with Gasteiger partial charge in [-0.1, -0.05) is 0 Å². The number of hydrogen-bond donors (Lipinski definition) is 1. The second-order valence-electron chi connectivity index (χ2n) is 5.39. The van der Waals surface area contributed by atoms with Gasteiger partial charge in [0.1, 0.15) is 18.4 Å². The summed E-state index contributed by atoms with van der Waals surface area (Å²) in [6, 6.07) is 3.63. The predicted octanol–water partition coefficient (Wildman–Crippen LogP) is 0.334. The SMILES string of the molecule is Cc1ccc(O[C@@H]2COCC[C@@H]2NC(=O)Cn2nccn2)cn1. The van der Waals surface area contributed by atoms with Crippen LogP contribution in [-0.4, -0.2) is 51.2 Å². The molecule has 2 atom stereocenters. The molecule has 8 heteroatoms. The van der Waals surface area contributed by atoms with Crippen molar-refractivity contribution in [1.82, 2.24) is 25.3 Å². The minimum Gasteiger partial charge on any atom is -0.484 e. The van der Waals surface area contributed by atoms with Crippen LogP contribution in [0.3, 0.4) is 0 Å². The fourth-order valence-electron chi connectivity index (χ4n) is 2.40. The average molecular weight is 317 g/mol. The van der Waals surface area contributed by atoms with Gasteiger partial charge in [0, 0.05) is 12.3 Å². The summed E-state index contributed by atoms with van der Waals surface area (Å²) in [5, 5.41) is 10.8. The fourth-order valence-corrected chi connectivity index (χ4v) is 2.40. The number of ether oxygens (including phenoxy) is 2. The van der Waals surface area contributed by atoms with Crippen LogP contribution in [0.25, 0.3) is 0 Å². The molecule has 0 unspecified atom stereocenters. The summed E-state index contributed by atoms with van der Waals surface area (Å²) in [5.41, 5.74) is 0.925. The Morgan fingerprint density at radius 3 is 3.00 bits per heavy atom. The Hall–Kier alpha value is -2.48. The zero-order chi connectivity index (χ0) is 16.1. The van der Waals surface area contributed by atoms with Crippen LogP contribution in [0.15, 0.2) is 30.7 Å². The summed E-state index contributed by atoms with van der Waals surface area (Å²) in [6.07, 6.45) is 5.21. The van der Waals surface area contributed by atoms with Crippen molar-refractivity contribution in [1.29, 1.82) is 0 Å². The highest BCUT2D eigenvalue weighted by Crippen LogP contribution is 2.17. The molecule has 1 fully saturated rings. The Labute approximate surface area is 133 Å². The second-order valence-corrected chi connectivity index (χ2v) is 5.39. The first-order chi connectivity index (χ1) is 11.2. The highest BCUT2D eigenvalue weighted by Gasteiger charge is 2.29. The third-order valence-corrected chi connectivity index (χ3v) is 3.57. The number of pyridine rings is 1. The first-order valence-electron chi connectivity index (χ1n) is 7.51. The van der Waals surface area contributed by atoms with Gasteiger partial charge in [0.2, 0.25) is 5.91 Å². The van der Waals surface area contributed by atoms with Crippen molar-refractivity contribution >= 4 is 5.91 Å². The van der Waals surface area contributed by atoms with Crippen LogP contribution in [0.5, 0.6) is 5.75 Å². The number of amides is 1. The number of nitrogens with zero attached hydrogens (tertiary/aromatic N) is 4. The summed E-state index contributed by atoms with van der Waals surface area (Å²) in [4.78, 5) is 17.6. The Balaban J connectivity index is 1.59. The third kappa shape index (κ3) is 4.26. The van der Waals surface area contributed by atoms with Gasteiger partial charge in [-0.2, -0.15) is 15.0 Å². The van der Waals surface area contributed by atoms with E-state index in [1.54, 1.807) is 6.20 Å². The van der Waals surface area contributed by atoms with E-state index in [2.05, 4.69) is 20.5 Å². The lowest BCUT2D eigenvalue weighted by molar-refractivity contribution is -0.124. The van der Waals surface area contributed by atoms with Crippen molar-refractivity contribution in [2.24, 2.45) is 0 Å². The van der Waals surface area contributed by atoms with Crippen molar-refractivity contribution < 1.29 is 14.3 Å². The smallest absolute Gasteiger partial charge is 0.243 e. The van der Waals surface area contributed by atoms with E-state index in [1.165, 1.54) is 17.2 Å². The summed E-state index contributed by atoms with van der Waals surface area (Å²) in [7, 11) is 0. The molecule has 1 saturated heterocycles. The molecule has 23 heavy (non-hydrogen) atoms. The topological polar surface area (TPSA) is 91.2 Å². The number of aromatic nitrogens is 4. The molecule has 8 nitrogen and oxygen atoms in total. The predicted molar refractivity (Wildman–Crippen MR) is 80.8 cm³/mol. The van der Waals surface area contributed by atoms with E-state index in [-0.39, 0.29) is 24.6 Å². The molecule has 1 aliphatic heterocycles. The quantitative estimate of drug-likeness (QED) is 0.855. The molecule has 0 radical (unpaired) electrons. The second kappa shape index (κ2) is 7.19. The number of carbonyl (C=O) groups is 1. The van der Waals surface area contributed by atoms with Gasteiger partial charge in [-0.05, 0) is 25.5 Å². The van der Waals surface area contributed by atoms with E-state index in [9.17, 15) is 4.79 Å². The van der Waals surface area contributed by atoms with Gasteiger partial charge in [-0.25, -0.2) is 0 Å². The number of rotatable bonds is 5. The minimum absolute atomic E-state index is 0.0865. The lowest BCUT2D eigenvalue weighted by atomic mass is 10.1.